The predicted octanol–water partition coefficient (Wildman–Crippen LogP) is 2.79. The number of rotatable bonds is 4. The van der Waals surface area contributed by atoms with E-state index in [0.717, 1.165) is 37.9 Å². The van der Waals surface area contributed by atoms with Crippen LogP contribution in [0.15, 0.2) is 18.2 Å². The van der Waals surface area contributed by atoms with Crippen LogP contribution in [0.25, 0.3) is 0 Å². The van der Waals surface area contributed by atoms with Crippen LogP contribution < -0.4 is 4.74 Å². The van der Waals surface area contributed by atoms with Crippen molar-refractivity contribution in [2.75, 3.05) is 26.2 Å². The molecule has 3 aliphatic rings. The van der Waals surface area contributed by atoms with Crippen LogP contribution in [0.5, 0.6) is 5.75 Å². The number of fused-ring (bicyclic) bond motifs is 1. The van der Waals surface area contributed by atoms with Gasteiger partial charge in [0, 0.05) is 18.5 Å². The molecule has 7 heteroatoms. The molecule has 2 saturated heterocycles. The summed E-state index contributed by atoms with van der Waals surface area (Å²) in [6, 6.07) is 6.93. The number of carbonyl (C=O) groups excluding carboxylic acids is 2. The zero-order valence-electron chi connectivity index (χ0n) is 17.7. The van der Waals surface area contributed by atoms with Crippen LogP contribution in [-0.4, -0.2) is 59.6 Å². The van der Waals surface area contributed by atoms with Crippen LogP contribution >= 0.6 is 0 Å². The highest BCUT2D eigenvalue weighted by Crippen LogP contribution is 2.45. The van der Waals surface area contributed by atoms with Crippen molar-refractivity contribution in [2.45, 2.75) is 63.7 Å². The van der Waals surface area contributed by atoms with Gasteiger partial charge in [0.1, 0.15) is 17.4 Å². The van der Waals surface area contributed by atoms with Crippen molar-refractivity contribution in [3.63, 3.8) is 0 Å². The van der Waals surface area contributed by atoms with Crippen molar-refractivity contribution in [3.8, 4) is 11.8 Å². The highest BCUT2D eigenvalue weighted by Gasteiger charge is 2.50. The molecule has 0 saturated carbocycles. The summed E-state index contributed by atoms with van der Waals surface area (Å²) < 4.78 is 12.2. The number of amides is 1. The highest BCUT2D eigenvalue weighted by atomic mass is 16.6. The quantitative estimate of drug-likeness (QED) is 0.709. The zero-order chi connectivity index (χ0) is 21.3. The summed E-state index contributed by atoms with van der Waals surface area (Å²) in [5.74, 6) is 0.380. The van der Waals surface area contributed by atoms with E-state index in [0.29, 0.717) is 24.3 Å². The normalized spacial score (nSPS) is 25.9. The third-order valence-corrected chi connectivity index (χ3v) is 6.31. The largest absolute Gasteiger partial charge is 0.484 e. The number of ether oxygens (including phenoxy) is 2. The Balaban J connectivity index is 1.65. The molecule has 30 heavy (non-hydrogen) atoms. The van der Waals surface area contributed by atoms with Gasteiger partial charge in [-0.25, -0.2) is 0 Å². The van der Waals surface area contributed by atoms with E-state index in [1.165, 1.54) is 6.42 Å². The summed E-state index contributed by atoms with van der Waals surface area (Å²) in [7, 11) is 0. The van der Waals surface area contributed by atoms with Gasteiger partial charge in [-0.3, -0.25) is 14.5 Å². The maximum absolute atomic E-state index is 12.9. The molecule has 3 heterocycles. The summed E-state index contributed by atoms with van der Waals surface area (Å²) in [5, 5.41) is 9.38. The Morgan fingerprint density at radius 2 is 2.00 bits per heavy atom. The molecule has 7 nitrogen and oxygen atoms in total. The van der Waals surface area contributed by atoms with Gasteiger partial charge in [-0.05, 0) is 64.4 Å². The minimum Gasteiger partial charge on any atom is -0.484 e. The number of esters is 1. The fraction of sp³-hybridized carbons (Fsp3) is 0.609. The molecule has 0 radical (unpaired) electrons. The molecular formula is C23H29N3O4. The monoisotopic (exact) mass is 411 g/mol. The first-order chi connectivity index (χ1) is 14.4. The highest BCUT2D eigenvalue weighted by molar-refractivity contribution is 5.79. The van der Waals surface area contributed by atoms with Crippen LogP contribution in [-0.2, 0) is 14.3 Å². The van der Waals surface area contributed by atoms with Crippen molar-refractivity contribution < 1.29 is 19.1 Å². The van der Waals surface area contributed by atoms with Gasteiger partial charge in [-0.15, -0.1) is 0 Å². The summed E-state index contributed by atoms with van der Waals surface area (Å²) in [6.07, 6.45) is 4.00. The minimum absolute atomic E-state index is 0.0445. The smallest absolute Gasteiger partial charge is 0.320 e. The molecule has 4 rings (SSSR count). The van der Waals surface area contributed by atoms with Crippen molar-refractivity contribution in [3.05, 3.63) is 29.3 Å². The van der Waals surface area contributed by atoms with E-state index < -0.39 is 17.7 Å². The third-order valence-electron chi connectivity index (χ3n) is 6.31. The van der Waals surface area contributed by atoms with Gasteiger partial charge in [0.05, 0.1) is 18.2 Å². The lowest BCUT2D eigenvalue weighted by Gasteiger charge is -2.47. The Morgan fingerprint density at radius 3 is 2.67 bits per heavy atom. The molecular weight excluding hydrogens is 382 g/mol. The Hall–Kier alpha value is -2.59. The molecule has 0 bridgehead atoms. The van der Waals surface area contributed by atoms with Gasteiger partial charge >= 0.3 is 5.97 Å². The average Bonchev–Trinajstić information content (AvgIpc) is 3.14. The number of likely N-dealkylation sites (tertiary alicyclic amines) is 2. The maximum atomic E-state index is 12.9. The van der Waals surface area contributed by atoms with Crippen LogP contribution in [0.4, 0.5) is 0 Å². The number of benzene rings is 1. The van der Waals surface area contributed by atoms with Gasteiger partial charge in [-0.2, -0.15) is 5.26 Å². The molecule has 0 aromatic heterocycles. The molecule has 0 spiro atoms. The van der Waals surface area contributed by atoms with Crippen molar-refractivity contribution in [1.82, 2.24) is 9.80 Å². The number of nitriles is 1. The Kier molecular flexibility index (Phi) is 5.70. The number of hydrogen-bond acceptors (Lipinski definition) is 6. The van der Waals surface area contributed by atoms with Crippen molar-refractivity contribution in [2.24, 2.45) is 0 Å². The Labute approximate surface area is 177 Å². The molecule has 0 aliphatic carbocycles. The van der Waals surface area contributed by atoms with E-state index in [-0.39, 0.29) is 18.4 Å². The maximum Gasteiger partial charge on any atom is 0.320 e. The summed E-state index contributed by atoms with van der Waals surface area (Å²) >= 11 is 0. The van der Waals surface area contributed by atoms with Crippen LogP contribution in [0.1, 0.15) is 63.1 Å². The van der Waals surface area contributed by atoms with Crippen LogP contribution in [0.3, 0.4) is 0 Å². The second-order valence-corrected chi connectivity index (χ2v) is 8.95. The summed E-state index contributed by atoms with van der Waals surface area (Å²) in [4.78, 5) is 29.5. The molecule has 2 atom stereocenters. The topological polar surface area (TPSA) is 82.9 Å². The first-order valence-corrected chi connectivity index (χ1v) is 10.8. The first kappa shape index (κ1) is 20.7. The molecule has 2 fully saturated rings. The fourth-order valence-electron chi connectivity index (χ4n) is 4.81. The predicted molar refractivity (Wildman–Crippen MR) is 110 cm³/mol. The van der Waals surface area contributed by atoms with Crippen molar-refractivity contribution >= 4 is 11.9 Å². The third kappa shape index (κ3) is 4.01. The molecule has 1 aromatic carbocycles. The number of carbonyl (C=O) groups is 2. The van der Waals surface area contributed by atoms with E-state index in [9.17, 15) is 14.9 Å². The molecule has 1 aromatic rings. The lowest BCUT2D eigenvalue weighted by molar-refractivity contribution is -0.174. The molecule has 2 unspecified atom stereocenters. The zero-order valence-corrected chi connectivity index (χ0v) is 17.7. The molecule has 160 valence electrons. The van der Waals surface area contributed by atoms with Crippen LogP contribution in [0, 0.1) is 11.3 Å². The van der Waals surface area contributed by atoms with E-state index in [4.69, 9.17) is 9.47 Å². The van der Waals surface area contributed by atoms with E-state index in [1.807, 2.05) is 13.8 Å². The number of piperidine rings is 1. The summed E-state index contributed by atoms with van der Waals surface area (Å²) in [6.45, 7) is 6.44. The lowest BCUT2D eigenvalue weighted by Crippen LogP contribution is -2.56. The minimum atomic E-state index is -0.813. The summed E-state index contributed by atoms with van der Waals surface area (Å²) in [5.41, 5.74) is 0.415. The standard InChI is InChI=1S/C23H29N3O4/c1-23(2)22(29-20(28)15-25-10-4-3-5-11-25)21(26-12-6-7-19(26)27)17-13-16(14-24)8-9-18(17)30-23/h8-9,13,21-22H,3-7,10-12,15H2,1-2H3. The van der Waals surface area contributed by atoms with Gasteiger partial charge in [-0.1, -0.05) is 6.42 Å². The second kappa shape index (κ2) is 8.27. The number of hydrogen-bond donors (Lipinski definition) is 0. The SMILES string of the molecule is CC1(C)Oc2ccc(C#N)cc2C(N2CCCC2=O)C1OC(=O)CN1CCCCC1. The van der Waals surface area contributed by atoms with Gasteiger partial charge < -0.3 is 14.4 Å². The molecule has 3 aliphatic heterocycles. The lowest BCUT2D eigenvalue weighted by atomic mass is 9.84. The average molecular weight is 412 g/mol. The van der Waals surface area contributed by atoms with Crippen LogP contribution in [0.2, 0.25) is 0 Å². The van der Waals surface area contributed by atoms with E-state index in [2.05, 4.69) is 11.0 Å². The first-order valence-electron chi connectivity index (χ1n) is 10.8. The molecule has 1 amide bonds. The number of nitrogens with zero attached hydrogens (tertiary/aromatic N) is 3. The Morgan fingerprint density at radius 1 is 1.23 bits per heavy atom. The molecule has 0 N–H and O–H groups in total. The van der Waals surface area contributed by atoms with Gasteiger partial charge in [0.2, 0.25) is 5.91 Å². The van der Waals surface area contributed by atoms with Gasteiger partial charge in [0.15, 0.2) is 6.10 Å². The van der Waals surface area contributed by atoms with Gasteiger partial charge in [0.25, 0.3) is 0 Å². The fourth-order valence-corrected chi connectivity index (χ4v) is 4.81. The van der Waals surface area contributed by atoms with E-state index >= 15 is 0 Å². The van der Waals surface area contributed by atoms with Crippen molar-refractivity contribution in [1.29, 1.82) is 5.26 Å². The van der Waals surface area contributed by atoms with E-state index in [1.54, 1.807) is 23.1 Å². The Bertz CT molecular complexity index is 870. The second-order valence-electron chi connectivity index (χ2n) is 8.95.